The van der Waals surface area contributed by atoms with E-state index < -0.39 is 11.7 Å². The summed E-state index contributed by atoms with van der Waals surface area (Å²) >= 11 is 0. The number of nitrogens with two attached hydrogens (primary N) is 1. The lowest BCUT2D eigenvalue weighted by molar-refractivity contribution is 0.0527. The molecule has 1 aromatic rings. The topological polar surface area (TPSA) is 103 Å². The van der Waals surface area contributed by atoms with Crippen LogP contribution in [-0.4, -0.2) is 37.8 Å². The molecule has 0 atom stereocenters. The predicted molar refractivity (Wildman–Crippen MR) is 88.6 cm³/mol. The maximum absolute atomic E-state index is 12.0. The molecule has 0 radical (unpaired) electrons. The summed E-state index contributed by atoms with van der Waals surface area (Å²) in [5, 5.41) is 5.39. The fourth-order valence-corrected chi connectivity index (χ4v) is 1.75. The van der Waals surface area contributed by atoms with Crippen molar-refractivity contribution >= 4 is 17.7 Å². The molecule has 0 unspecified atom stereocenters. The normalized spacial score (nSPS) is 10.8. The molecule has 0 saturated heterocycles. The predicted octanol–water partition coefficient (Wildman–Crippen LogP) is 1.92. The van der Waals surface area contributed by atoms with Crippen molar-refractivity contribution in [2.45, 2.75) is 32.8 Å². The van der Waals surface area contributed by atoms with Crippen molar-refractivity contribution in [3.8, 4) is 5.75 Å². The summed E-state index contributed by atoms with van der Waals surface area (Å²) in [6.07, 6.45) is 0.129. The third-order valence-electron chi connectivity index (χ3n) is 2.80. The van der Waals surface area contributed by atoms with Gasteiger partial charge in [-0.15, -0.1) is 0 Å². The van der Waals surface area contributed by atoms with E-state index >= 15 is 0 Å². The number of nitrogen functional groups attached to an aromatic ring is 1. The third kappa shape index (κ3) is 6.90. The Morgan fingerprint density at radius 1 is 1.17 bits per heavy atom. The Kier molecular flexibility index (Phi) is 6.68. The number of hydrogen-bond donors (Lipinski definition) is 3. The van der Waals surface area contributed by atoms with E-state index in [9.17, 15) is 9.59 Å². The van der Waals surface area contributed by atoms with Gasteiger partial charge in [0.1, 0.15) is 11.4 Å². The number of carbonyl (C=O) groups excluding carboxylic acids is 2. The molecule has 7 nitrogen and oxygen atoms in total. The van der Waals surface area contributed by atoms with Gasteiger partial charge in [-0.05, 0) is 45.4 Å². The zero-order valence-corrected chi connectivity index (χ0v) is 14.1. The molecular weight excluding hydrogens is 298 g/mol. The van der Waals surface area contributed by atoms with Gasteiger partial charge in [0.05, 0.1) is 12.8 Å². The lowest BCUT2D eigenvalue weighted by atomic mass is 10.1. The van der Waals surface area contributed by atoms with E-state index in [-0.39, 0.29) is 5.91 Å². The number of carbonyl (C=O) groups is 2. The van der Waals surface area contributed by atoms with Crippen LogP contribution in [0.4, 0.5) is 10.5 Å². The van der Waals surface area contributed by atoms with Gasteiger partial charge in [0.25, 0.3) is 5.91 Å². The number of rotatable bonds is 6. The number of benzene rings is 1. The van der Waals surface area contributed by atoms with Crippen LogP contribution in [0.1, 0.15) is 37.6 Å². The average Bonchev–Trinajstić information content (AvgIpc) is 2.45. The average molecular weight is 323 g/mol. The Morgan fingerprint density at radius 3 is 2.43 bits per heavy atom. The second kappa shape index (κ2) is 8.26. The third-order valence-corrected chi connectivity index (χ3v) is 2.80. The number of alkyl carbamates (subject to hydrolysis) is 1. The number of ether oxygens (including phenoxy) is 2. The maximum Gasteiger partial charge on any atom is 0.407 e. The number of amides is 2. The number of hydrogen-bond acceptors (Lipinski definition) is 5. The molecule has 0 aliphatic rings. The summed E-state index contributed by atoms with van der Waals surface area (Å²) in [4.78, 5) is 23.4. The molecule has 2 amide bonds. The van der Waals surface area contributed by atoms with Gasteiger partial charge in [-0.25, -0.2) is 4.79 Å². The number of nitrogens with one attached hydrogen (secondary N) is 2. The van der Waals surface area contributed by atoms with E-state index in [0.29, 0.717) is 36.5 Å². The van der Waals surface area contributed by atoms with E-state index in [1.54, 1.807) is 39.0 Å². The van der Waals surface area contributed by atoms with Crippen molar-refractivity contribution in [3.05, 3.63) is 23.8 Å². The van der Waals surface area contributed by atoms with Crippen LogP contribution in [0, 0.1) is 0 Å². The quantitative estimate of drug-likeness (QED) is 0.548. The number of methoxy groups -OCH3 is 1. The lowest BCUT2D eigenvalue weighted by Crippen LogP contribution is -2.34. The summed E-state index contributed by atoms with van der Waals surface area (Å²) in [6.45, 7) is 6.25. The first-order valence-electron chi connectivity index (χ1n) is 7.41. The van der Waals surface area contributed by atoms with Gasteiger partial charge < -0.3 is 25.8 Å². The molecule has 0 saturated carbocycles. The van der Waals surface area contributed by atoms with Crippen LogP contribution in [0.5, 0.6) is 5.75 Å². The lowest BCUT2D eigenvalue weighted by Gasteiger charge is -2.19. The van der Waals surface area contributed by atoms with Crippen molar-refractivity contribution in [1.82, 2.24) is 10.6 Å². The summed E-state index contributed by atoms with van der Waals surface area (Å²) < 4.78 is 10.2. The van der Waals surface area contributed by atoms with Crippen LogP contribution in [0.3, 0.4) is 0 Å². The molecule has 4 N–H and O–H groups in total. The zero-order chi connectivity index (χ0) is 17.5. The fourth-order valence-electron chi connectivity index (χ4n) is 1.75. The molecule has 0 fully saturated rings. The molecule has 0 aromatic heterocycles. The minimum Gasteiger partial charge on any atom is -0.495 e. The van der Waals surface area contributed by atoms with Crippen molar-refractivity contribution in [2.75, 3.05) is 25.9 Å². The molecule has 23 heavy (non-hydrogen) atoms. The first kappa shape index (κ1) is 18.6. The smallest absolute Gasteiger partial charge is 0.407 e. The first-order valence-corrected chi connectivity index (χ1v) is 7.41. The van der Waals surface area contributed by atoms with Gasteiger partial charge in [-0.2, -0.15) is 0 Å². The van der Waals surface area contributed by atoms with E-state index in [2.05, 4.69) is 10.6 Å². The van der Waals surface area contributed by atoms with Gasteiger partial charge in [-0.1, -0.05) is 0 Å². The van der Waals surface area contributed by atoms with Crippen molar-refractivity contribution in [1.29, 1.82) is 0 Å². The molecule has 128 valence electrons. The highest BCUT2D eigenvalue weighted by atomic mass is 16.6. The molecule has 0 heterocycles. The van der Waals surface area contributed by atoms with Crippen LogP contribution >= 0.6 is 0 Å². The molecule has 1 aromatic carbocycles. The van der Waals surface area contributed by atoms with Gasteiger partial charge in [0, 0.05) is 18.7 Å². The van der Waals surface area contributed by atoms with E-state index in [0.717, 1.165) is 0 Å². The summed E-state index contributed by atoms with van der Waals surface area (Å²) in [6, 6.07) is 4.84. The molecular formula is C16H25N3O4. The highest BCUT2D eigenvalue weighted by Gasteiger charge is 2.15. The summed E-state index contributed by atoms with van der Waals surface area (Å²) in [5.41, 5.74) is 6.13. The highest BCUT2D eigenvalue weighted by molar-refractivity contribution is 5.95. The first-order chi connectivity index (χ1) is 10.7. The van der Waals surface area contributed by atoms with E-state index in [1.807, 2.05) is 0 Å². The molecule has 1 rings (SSSR count). The fraction of sp³-hybridized carbons (Fsp3) is 0.500. The van der Waals surface area contributed by atoms with Crippen LogP contribution in [-0.2, 0) is 4.74 Å². The monoisotopic (exact) mass is 323 g/mol. The molecule has 0 aliphatic carbocycles. The Morgan fingerprint density at radius 2 is 1.83 bits per heavy atom. The molecule has 0 bridgehead atoms. The molecule has 0 spiro atoms. The van der Waals surface area contributed by atoms with Crippen molar-refractivity contribution < 1.29 is 19.1 Å². The zero-order valence-electron chi connectivity index (χ0n) is 14.1. The van der Waals surface area contributed by atoms with Gasteiger partial charge in [0.15, 0.2) is 0 Å². The van der Waals surface area contributed by atoms with Gasteiger partial charge in [0.2, 0.25) is 0 Å². The largest absolute Gasteiger partial charge is 0.495 e. The Balaban J connectivity index is 2.31. The highest BCUT2D eigenvalue weighted by Crippen LogP contribution is 2.21. The summed E-state index contributed by atoms with van der Waals surface area (Å²) in [7, 11) is 1.50. The van der Waals surface area contributed by atoms with Gasteiger partial charge in [-0.3, -0.25) is 4.79 Å². The maximum atomic E-state index is 12.0. The Labute approximate surface area is 136 Å². The minimum absolute atomic E-state index is 0.222. The van der Waals surface area contributed by atoms with Crippen LogP contribution < -0.4 is 21.1 Å². The van der Waals surface area contributed by atoms with Gasteiger partial charge >= 0.3 is 6.09 Å². The Hall–Kier alpha value is -2.44. The standard InChI is InChI=1S/C16H25N3O4/c1-16(2,3)23-15(21)19-9-5-8-18-14(20)11-6-7-12(17)13(10-11)22-4/h6-7,10H,5,8-9,17H2,1-4H3,(H,18,20)(H,19,21). The minimum atomic E-state index is -0.521. The second-order valence-electron chi connectivity index (χ2n) is 5.99. The molecule has 7 heteroatoms. The van der Waals surface area contributed by atoms with Crippen molar-refractivity contribution in [3.63, 3.8) is 0 Å². The van der Waals surface area contributed by atoms with E-state index in [4.69, 9.17) is 15.2 Å². The SMILES string of the molecule is COc1cc(C(=O)NCCCNC(=O)OC(C)(C)C)ccc1N. The van der Waals surface area contributed by atoms with E-state index in [1.165, 1.54) is 7.11 Å². The number of anilines is 1. The second-order valence-corrected chi connectivity index (χ2v) is 5.99. The Bertz CT molecular complexity index is 553. The van der Waals surface area contributed by atoms with Crippen LogP contribution in [0.15, 0.2) is 18.2 Å². The van der Waals surface area contributed by atoms with Crippen LogP contribution in [0.2, 0.25) is 0 Å². The summed E-state index contributed by atoms with van der Waals surface area (Å²) in [5.74, 6) is 0.241. The van der Waals surface area contributed by atoms with Crippen molar-refractivity contribution in [2.24, 2.45) is 0 Å². The molecule has 0 aliphatic heterocycles. The van der Waals surface area contributed by atoms with Crippen LogP contribution in [0.25, 0.3) is 0 Å².